The topological polar surface area (TPSA) is 62.4 Å². The van der Waals surface area contributed by atoms with E-state index < -0.39 is 0 Å². The molecule has 18 heavy (non-hydrogen) atoms. The maximum atomic E-state index is 9.24. The Balaban J connectivity index is 3.17. The second kappa shape index (κ2) is 6.95. The number of aromatic nitrogens is 1. The Morgan fingerprint density at radius 1 is 1.44 bits per heavy atom. The Morgan fingerprint density at radius 2 is 2.06 bits per heavy atom. The second-order valence-corrected chi connectivity index (χ2v) is 5.16. The van der Waals surface area contributed by atoms with Crippen molar-refractivity contribution >= 4 is 27.4 Å². The number of nitrogens with zero attached hydrogens (tertiary/aromatic N) is 2. The Labute approximate surface area is 117 Å². The third-order valence-electron chi connectivity index (χ3n) is 3.28. The fourth-order valence-corrected chi connectivity index (χ4v) is 2.64. The highest BCUT2D eigenvalue weighted by Gasteiger charge is 2.20. The molecule has 0 aliphatic heterocycles. The SMILES string of the molecule is CCC(CC)N(CCO)c1ncc(N)c(C)c1Br. The molecule has 0 saturated heterocycles. The lowest BCUT2D eigenvalue weighted by molar-refractivity contribution is 0.295. The lowest BCUT2D eigenvalue weighted by atomic mass is 10.1. The zero-order valence-electron chi connectivity index (χ0n) is 11.3. The lowest BCUT2D eigenvalue weighted by Crippen LogP contribution is -2.37. The second-order valence-electron chi connectivity index (χ2n) is 4.36. The number of aliphatic hydroxyl groups is 1. The van der Waals surface area contributed by atoms with Crippen LogP contribution in [0.25, 0.3) is 0 Å². The molecule has 0 aromatic carbocycles. The van der Waals surface area contributed by atoms with Crippen LogP contribution in [0.2, 0.25) is 0 Å². The zero-order chi connectivity index (χ0) is 13.7. The van der Waals surface area contributed by atoms with Crippen molar-refractivity contribution < 1.29 is 5.11 Å². The van der Waals surface area contributed by atoms with E-state index in [1.54, 1.807) is 6.20 Å². The van der Waals surface area contributed by atoms with Crippen LogP contribution in [0.15, 0.2) is 10.7 Å². The number of halogens is 1. The van der Waals surface area contributed by atoms with Gasteiger partial charge in [0.15, 0.2) is 0 Å². The van der Waals surface area contributed by atoms with Crippen molar-refractivity contribution in [2.75, 3.05) is 23.8 Å². The van der Waals surface area contributed by atoms with Gasteiger partial charge in [-0.3, -0.25) is 0 Å². The summed E-state index contributed by atoms with van der Waals surface area (Å²) in [5.74, 6) is 0.865. The number of aliphatic hydroxyl groups excluding tert-OH is 1. The minimum absolute atomic E-state index is 0.119. The molecule has 1 aromatic heterocycles. The van der Waals surface area contributed by atoms with Crippen LogP contribution < -0.4 is 10.6 Å². The molecule has 0 radical (unpaired) electrons. The molecule has 0 atom stereocenters. The Hall–Kier alpha value is -0.810. The first kappa shape index (κ1) is 15.2. The maximum Gasteiger partial charge on any atom is 0.143 e. The van der Waals surface area contributed by atoms with Gasteiger partial charge in [-0.1, -0.05) is 13.8 Å². The van der Waals surface area contributed by atoms with Gasteiger partial charge >= 0.3 is 0 Å². The van der Waals surface area contributed by atoms with Crippen molar-refractivity contribution in [3.05, 3.63) is 16.2 Å². The van der Waals surface area contributed by atoms with Gasteiger partial charge in [-0.25, -0.2) is 4.98 Å². The fraction of sp³-hybridized carbons (Fsp3) is 0.615. The molecule has 0 amide bonds. The molecule has 5 heteroatoms. The van der Waals surface area contributed by atoms with E-state index in [1.165, 1.54) is 0 Å². The van der Waals surface area contributed by atoms with Crippen LogP contribution in [0.4, 0.5) is 11.5 Å². The maximum absolute atomic E-state index is 9.24. The minimum atomic E-state index is 0.119. The summed E-state index contributed by atoms with van der Waals surface area (Å²) in [6.07, 6.45) is 3.73. The van der Waals surface area contributed by atoms with Crippen LogP contribution >= 0.6 is 15.9 Å². The molecular weight excluding hydrogens is 294 g/mol. The molecule has 1 aromatic rings. The van der Waals surface area contributed by atoms with Gasteiger partial charge in [0, 0.05) is 12.6 Å². The smallest absolute Gasteiger partial charge is 0.143 e. The van der Waals surface area contributed by atoms with E-state index in [1.807, 2.05) is 6.92 Å². The number of anilines is 2. The number of rotatable bonds is 6. The summed E-state index contributed by atoms with van der Waals surface area (Å²) in [5.41, 5.74) is 7.52. The molecule has 3 N–H and O–H groups in total. The Bertz CT molecular complexity index is 394. The summed E-state index contributed by atoms with van der Waals surface area (Å²) < 4.78 is 0.919. The van der Waals surface area contributed by atoms with E-state index in [0.29, 0.717) is 18.3 Å². The van der Waals surface area contributed by atoms with Crippen molar-refractivity contribution in [2.24, 2.45) is 0 Å². The molecule has 0 aliphatic rings. The highest BCUT2D eigenvalue weighted by molar-refractivity contribution is 9.10. The van der Waals surface area contributed by atoms with E-state index in [2.05, 4.69) is 39.7 Å². The molecule has 0 unspecified atom stereocenters. The highest BCUT2D eigenvalue weighted by atomic mass is 79.9. The van der Waals surface area contributed by atoms with Gasteiger partial charge in [-0.15, -0.1) is 0 Å². The van der Waals surface area contributed by atoms with Crippen molar-refractivity contribution in [1.29, 1.82) is 0 Å². The monoisotopic (exact) mass is 315 g/mol. The number of hydrogen-bond donors (Lipinski definition) is 2. The number of nitrogen functional groups attached to an aromatic ring is 1. The van der Waals surface area contributed by atoms with Crippen molar-refractivity contribution in [3.8, 4) is 0 Å². The quantitative estimate of drug-likeness (QED) is 0.847. The lowest BCUT2D eigenvalue weighted by Gasteiger charge is -2.32. The van der Waals surface area contributed by atoms with E-state index in [4.69, 9.17) is 5.73 Å². The van der Waals surface area contributed by atoms with E-state index in [0.717, 1.165) is 28.7 Å². The summed E-state index contributed by atoms with van der Waals surface area (Å²) in [6.45, 7) is 6.97. The van der Waals surface area contributed by atoms with Gasteiger partial charge < -0.3 is 15.7 Å². The fourth-order valence-electron chi connectivity index (χ4n) is 2.08. The van der Waals surface area contributed by atoms with Gasteiger partial charge in [0.25, 0.3) is 0 Å². The van der Waals surface area contributed by atoms with E-state index >= 15 is 0 Å². The molecule has 4 nitrogen and oxygen atoms in total. The summed E-state index contributed by atoms with van der Waals surface area (Å²) in [4.78, 5) is 6.57. The first-order valence-corrected chi connectivity index (χ1v) is 7.14. The molecule has 0 aliphatic carbocycles. The third-order valence-corrected chi connectivity index (χ3v) is 4.23. The Kier molecular flexibility index (Phi) is 5.88. The van der Waals surface area contributed by atoms with Gasteiger partial charge in [-0.2, -0.15) is 0 Å². The molecule has 1 rings (SSSR count). The Morgan fingerprint density at radius 3 is 2.56 bits per heavy atom. The van der Waals surface area contributed by atoms with E-state index in [9.17, 15) is 5.11 Å². The van der Waals surface area contributed by atoms with Gasteiger partial charge in [0.2, 0.25) is 0 Å². The zero-order valence-corrected chi connectivity index (χ0v) is 12.9. The predicted octanol–water partition coefficient (Wildman–Crippen LogP) is 2.72. The standard InChI is InChI=1S/C13H22BrN3O/c1-4-10(5-2)17(6-7-18)13-12(14)9(3)11(15)8-16-13/h8,10,18H,4-7,15H2,1-3H3. The normalized spacial score (nSPS) is 11.0. The van der Waals surface area contributed by atoms with Gasteiger partial charge in [0.1, 0.15) is 5.82 Å². The molecule has 0 fully saturated rings. The number of nitrogens with two attached hydrogens (primary N) is 1. The first-order chi connectivity index (χ1) is 8.56. The third kappa shape index (κ3) is 3.14. The molecule has 102 valence electrons. The average molecular weight is 316 g/mol. The molecule has 1 heterocycles. The molecule has 0 saturated carbocycles. The largest absolute Gasteiger partial charge is 0.397 e. The van der Waals surface area contributed by atoms with Crippen LogP contribution in [-0.2, 0) is 0 Å². The summed E-state index contributed by atoms with van der Waals surface area (Å²) >= 11 is 3.56. The highest BCUT2D eigenvalue weighted by Crippen LogP contribution is 2.32. The van der Waals surface area contributed by atoms with Crippen molar-refractivity contribution in [1.82, 2.24) is 4.98 Å². The van der Waals surface area contributed by atoms with Gasteiger partial charge in [-0.05, 0) is 41.3 Å². The van der Waals surface area contributed by atoms with Crippen LogP contribution in [0.1, 0.15) is 32.3 Å². The molecule has 0 bridgehead atoms. The van der Waals surface area contributed by atoms with Crippen LogP contribution in [0.5, 0.6) is 0 Å². The van der Waals surface area contributed by atoms with Crippen LogP contribution in [0, 0.1) is 6.92 Å². The predicted molar refractivity (Wildman–Crippen MR) is 79.9 cm³/mol. The summed E-state index contributed by atoms with van der Waals surface area (Å²) in [5, 5.41) is 9.24. The molecule has 0 spiro atoms. The van der Waals surface area contributed by atoms with Gasteiger partial charge in [0.05, 0.1) is 23.0 Å². The summed E-state index contributed by atoms with van der Waals surface area (Å²) in [6, 6.07) is 0.379. The van der Waals surface area contributed by atoms with Crippen LogP contribution in [0.3, 0.4) is 0 Å². The first-order valence-electron chi connectivity index (χ1n) is 6.34. The van der Waals surface area contributed by atoms with Crippen molar-refractivity contribution in [2.45, 2.75) is 39.7 Å². The number of hydrogen-bond acceptors (Lipinski definition) is 4. The average Bonchev–Trinajstić information content (AvgIpc) is 2.37. The van der Waals surface area contributed by atoms with Crippen LogP contribution in [-0.4, -0.2) is 29.3 Å². The minimum Gasteiger partial charge on any atom is -0.397 e. The van der Waals surface area contributed by atoms with Crippen molar-refractivity contribution in [3.63, 3.8) is 0 Å². The number of pyridine rings is 1. The molecular formula is C13H22BrN3O. The van der Waals surface area contributed by atoms with E-state index in [-0.39, 0.29) is 6.61 Å². The summed E-state index contributed by atoms with van der Waals surface area (Å²) in [7, 11) is 0.